The summed E-state index contributed by atoms with van der Waals surface area (Å²) in [6, 6.07) is 28.1. The average molecular weight is 478 g/mol. The Kier molecular flexibility index (Phi) is 6.62. The predicted octanol–water partition coefficient (Wildman–Crippen LogP) is 6.20. The highest BCUT2D eigenvalue weighted by atomic mass is 16.5. The van der Waals surface area contributed by atoms with Crippen molar-refractivity contribution in [2.24, 2.45) is 0 Å². The van der Waals surface area contributed by atoms with Crippen LogP contribution in [0.25, 0.3) is 22.3 Å². The molecular weight excluding hydrogens is 450 g/mol. The van der Waals surface area contributed by atoms with E-state index in [4.69, 9.17) is 4.74 Å². The smallest absolute Gasteiger partial charge is 0.337 e. The number of aromatic amines is 1. The molecule has 3 N–H and O–H groups in total. The molecule has 0 spiro atoms. The lowest BCUT2D eigenvalue weighted by atomic mass is 10.1. The lowest BCUT2D eigenvalue weighted by Gasteiger charge is -2.15. The predicted molar refractivity (Wildman–Crippen MR) is 143 cm³/mol. The molecule has 7 nitrogen and oxygen atoms in total. The maximum Gasteiger partial charge on any atom is 0.337 e. The van der Waals surface area contributed by atoms with Crippen molar-refractivity contribution < 1.29 is 9.53 Å². The van der Waals surface area contributed by atoms with Crippen molar-refractivity contribution in [3.05, 3.63) is 108 Å². The maximum absolute atomic E-state index is 11.6. The number of H-pyrrole nitrogens is 1. The number of hydrogen-bond acceptors (Lipinski definition) is 6. The molecule has 2 aromatic heterocycles. The van der Waals surface area contributed by atoms with Crippen LogP contribution in [0.5, 0.6) is 0 Å². The third-order valence-corrected chi connectivity index (χ3v) is 6.15. The second-order valence-electron chi connectivity index (χ2n) is 8.56. The van der Waals surface area contributed by atoms with Crippen LogP contribution in [0, 0.1) is 0 Å². The Labute approximate surface area is 209 Å². The van der Waals surface area contributed by atoms with E-state index in [9.17, 15) is 4.79 Å². The summed E-state index contributed by atoms with van der Waals surface area (Å²) in [5.41, 5.74) is 6.65. The molecule has 5 rings (SSSR count). The Morgan fingerprint density at radius 1 is 0.972 bits per heavy atom. The Morgan fingerprint density at radius 3 is 2.44 bits per heavy atom. The number of methoxy groups -OCH3 is 1. The van der Waals surface area contributed by atoms with Gasteiger partial charge in [0.25, 0.3) is 0 Å². The number of esters is 1. The van der Waals surface area contributed by atoms with E-state index in [0.29, 0.717) is 12.1 Å². The molecule has 1 unspecified atom stereocenters. The lowest BCUT2D eigenvalue weighted by Crippen LogP contribution is -2.08. The molecule has 36 heavy (non-hydrogen) atoms. The fourth-order valence-corrected chi connectivity index (χ4v) is 4.09. The lowest BCUT2D eigenvalue weighted by molar-refractivity contribution is 0.0600. The van der Waals surface area contributed by atoms with E-state index in [1.165, 1.54) is 12.7 Å². The molecule has 0 aliphatic heterocycles. The Hall–Kier alpha value is -4.65. The molecule has 0 aliphatic rings. The molecule has 7 heteroatoms. The van der Waals surface area contributed by atoms with Crippen molar-refractivity contribution >= 4 is 28.5 Å². The normalized spacial score (nSPS) is 11.7. The first-order valence-corrected chi connectivity index (χ1v) is 11.8. The van der Waals surface area contributed by atoms with Gasteiger partial charge in [0.15, 0.2) is 0 Å². The Bertz CT molecular complexity index is 1460. The molecule has 0 saturated heterocycles. The molecule has 0 saturated carbocycles. The largest absolute Gasteiger partial charge is 0.465 e. The fraction of sp³-hybridized carbons (Fsp3) is 0.138. The molecule has 0 bridgehead atoms. The van der Waals surface area contributed by atoms with Gasteiger partial charge in [-0.3, -0.25) is 0 Å². The van der Waals surface area contributed by atoms with E-state index < -0.39 is 0 Å². The van der Waals surface area contributed by atoms with Crippen LogP contribution in [0.1, 0.15) is 34.5 Å². The molecule has 180 valence electrons. The van der Waals surface area contributed by atoms with Gasteiger partial charge in [0.2, 0.25) is 0 Å². The minimum absolute atomic E-state index is 0.115. The van der Waals surface area contributed by atoms with Crippen LogP contribution in [-0.2, 0) is 11.3 Å². The van der Waals surface area contributed by atoms with Gasteiger partial charge in [-0.2, -0.15) is 0 Å². The second-order valence-corrected chi connectivity index (χ2v) is 8.56. The van der Waals surface area contributed by atoms with Gasteiger partial charge >= 0.3 is 5.97 Å². The first-order valence-electron chi connectivity index (χ1n) is 11.8. The van der Waals surface area contributed by atoms with Crippen LogP contribution in [0.3, 0.4) is 0 Å². The minimum Gasteiger partial charge on any atom is -0.465 e. The summed E-state index contributed by atoms with van der Waals surface area (Å²) < 4.78 is 4.75. The Balaban J connectivity index is 1.28. The number of nitrogens with one attached hydrogen (secondary N) is 3. The molecule has 0 amide bonds. The third-order valence-electron chi connectivity index (χ3n) is 6.15. The fourth-order valence-electron chi connectivity index (χ4n) is 4.09. The molecule has 0 radical (unpaired) electrons. The SMILES string of the molecule is COC(=O)c1ccc(CNc2ccc(-c3cc4c(NC(C)c5ccccc5)ncnc4[nH]3)cc2)cc1. The standard InChI is InChI=1S/C29H27N5O2/c1-19(21-6-4-3-5-7-21)33-27-25-16-26(34-28(25)32-18-31-27)22-12-14-24(15-13-22)30-17-20-8-10-23(11-9-20)29(35)36-2/h3-16,18-19,30H,17H2,1-2H3,(H2,31,32,33,34). The number of anilines is 2. The summed E-state index contributed by atoms with van der Waals surface area (Å²) in [7, 11) is 1.38. The van der Waals surface area contributed by atoms with E-state index in [1.54, 1.807) is 18.5 Å². The highest BCUT2D eigenvalue weighted by Crippen LogP contribution is 2.29. The van der Waals surface area contributed by atoms with Gasteiger partial charge in [0.1, 0.15) is 17.8 Å². The molecule has 3 aromatic carbocycles. The van der Waals surface area contributed by atoms with Gasteiger partial charge < -0.3 is 20.4 Å². The van der Waals surface area contributed by atoms with Crippen molar-refractivity contribution in [3.63, 3.8) is 0 Å². The maximum atomic E-state index is 11.6. The number of carbonyl (C=O) groups is 1. The summed E-state index contributed by atoms with van der Waals surface area (Å²) in [5, 5.41) is 7.88. The van der Waals surface area contributed by atoms with Crippen LogP contribution < -0.4 is 10.6 Å². The van der Waals surface area contributed by atoms with Crippen molar-refractivity contribution in [1.82, 2.24) is 15.0 Å². The minimum atomic E-state index is -0.332. The van der Waals surface area contributed by atoms with Crippen LogP contribution in [-0.4, -0.2) is 28.0 Å². The quantitative estimate of drug-likeness (QED) is 0.231. The number of nitrogens with zero attached hydrogens (tertiary/aromatic N) is 2. The summed E-state index contributed by atoms with van der Waals surface area (Å²) in [5.74, 6) is 0.469. The van der Waals surface area contributed by atoms with Gasteiger partial charge in [-0.05, 0) is 53.9 Å². The van der Waals surface area contributed by atoms with Gasteiger partial charge in [0.05, 0.1) is 18.1 Å². The topological polar surface area (TPSA) is 91.9 Å². The van der Waals surface area contributed by atoms with Crippen LogP contribution in [0.4, 0.5) is 11.5 Å². The summed E-state index contributed by atoms with van der Waals surface area (Å²) in [4.78, 5) is 23.9. The molecular formula is C29H27N5O2. The van der Waals surface area contributed by atoms with Crippen LogP contribution in [0.15, 0.2) is 91.3 Å². The van der Waals surface area contributed by atoms with Gasteiger partial charge in [-0.15, -0.1) is 0 Å². The number of ether oxygens (including phenoxy) is 1. The molecule has 0 fully saturated rings. The van der Waals surface area contributed by atoms with E-state index in [-0.39, 0.29) is 12.0 Å². The van der Waals surface area contributed by atoms with E-state index >= 15 is 0 Å². The van der Waals surface area contributed by atoms with Crippen molar-refractivity contribution in [2.45, 2.75) is 19.5 Å². The molecule has 1 atom stereocenters. The summed E-state index contributed by atoms with van der Waals surface area (Å²) >= 11 is 0. The monoisotopic (exact) mass is 477 g/mol. The Morgan fingerprint density at radius 2 is 1.72 bits per heavy atom. The zero-order valence-electron chi connectivity index (χ0n) is 20.2. The zero-order chi connectivity index (χ0) is 24.9. The number of benzene rings is 3. The first-order chi connectivity index (χ1) is 17.6. The summed E-state index contributed by atoms with van der Waals surface area (Å²) in [6.45, 7) is 2.77. The zero-order valence-corrected chi connectivity index (χ0v) is 20.2. The number of carbonyl (C=O) groups excluding carboxylic acids is 1. The van der Waals surface area contributed by atoms with E-state index in [2.05, 4.69) is 62.8 Å². The van der Waals surface area contributed by atoms with Gasteiger partial charge in [-0.25, -0.2) is 14.8 Å². The number of aromatic nitrogens is 3. The van der Waals surface area contributed by atoms with E-state index in [1.807, 2.05) is 42.5 Å². The number of fused-ring (bicyclic) bond motifs is 1. The molecule has 0 aliphatic carbocycles. The highest BCUT2D eigenvalue weighted by molar-refractivity contribution is 5.91. The van der Waals surface area contributed by atoms with Gasteiger partial charge in [-0.1, -0.05) is 54.6 Å². The molecule has 5 aromatic rings. The number of rotatable bonds is 8. The third kappa shape index (κ3) is 5.05. The number of hydrogen-bond donors (Lipinski definition) is 3. The van der Waals surface area contributed by atoms with Crippen LogP contribution in [0.2, 0.25) is 0 Å². The van der Waals surface area contributed by atoms with E-state index in [0.717, 1.165) is 39.4 Å². The second kappa shape index (κ2) is 10.3. The highest BCUT2D eigenvalue weighted by Gasteiger charge is 2.12. The molecule has 2 heterocycles. The summed E-state index contributed by atoms with van der Waals surface area (Å²) in [6.07, 6.45) is 1.58. The van der Waals surface area contributed by atoms with Crippen molar-refractivity contribution in [3.8, 4) is 11.3 Å². The van der Waals surface area contributed by atoms with Crippen LogP contribution >= 0.6 is 0 Å². The van der Waals surface area contributed by atoms with Gasteiger partial charge in [0, 0.05) is 24.0 Å². The van der Waals surface area contributed by atoms with Crippen molar-refractivity contribution in [1.29, 1.82) is 0 Å². The first kappa shape index (κ1) is 23.1. The average Bonchev–Trinajstić information content (AvgIpc) is 3.38. The van der Waals surface area contributed by atoms with Crippen molar-refractivity contribution in [2.75, 3.05) is 17.7 Å².